The molecule has 0 saturated heterocycles. The molecule has 0 fully saturated rings. The number of aromatic nitrogens is 2. The van der Waals surface area contributed by atoms with Gasteiger partial charge in [-0.2, -0.15) is 0 Å². The molecule has 1 atom stereocenters. The van der Waals surface area contributed by atoms with Crippen LogP contribution in [-0.2, 0) is 6.54 Å². The Morgan fingerprint density at radius 1 is 1.29 bits per heavy atom. The number of hydrogen-bond acceptors (Lipinski definition) is 4. The average Bonchev–Trinajstić information content (AvgIpc) is 2.56. The van der Waals surface area contributed by atoms with E-state index in [1.807, 2.05) is 37.3 Å². The molecule has 0 radical (unpaired) electrons. The first kappa shape index (κ1) is 17.9. The third-order valence-electron chi connectivity index (χ3n) is 4.08. The largest absolute Gasteiger partial charge is 0.396 e. The lowest BCUT2D eigenvalue weighted by Gasteiger charge is -2.28. The SMILES string of the molecule is Cc1nc(C(=O)N(Cc2ccccc2)C(C)CCO)c(=O)[nH]c1C. The second-order valence-electron chi connectivity index (χ2n) is 5.90. The van der Waals surface area contributed by atoms with E-state index in [1.54, 1.807) is 18.7 Å². The standard InChI is InChI=1S/C18H23N3O3/c1-12(9-10-22)21(11-15-7-5-4-6-8-15)18(24)16-17(23)20-14(3)13(2)19-16/h4-8,12,22H,9-11H2,1-3H3,(H,20,23). The molecule has 0 spiro atoms. The second kappa shape index (κ2) is 7.88. The number of nitrogens with zero attached hydrogens (tertiary/aromatic N) is 2. The first-order valence-electron chi connectivity index (χ1n) is 7.97. The Bertz CT molecular complexity index is 756. The highest BCUT2D eigenvalue weighted by Crippen LogP contribution is 2.13. The monoisotopic (exact) mass is 329 g/mol. The Morgan fingerprint density at radius 3 is 2.58 bits per heavy atom. The highest BCUT2D eigenvalue weighted by atomic mass is 16.3. The number of benzene rings is 1. The van der Waals surface area contributed by atoms with Crippen LogP contribution in [0.25, 0.3) is 0 Å². The molecule has 2 N–H and O–H groups in total. The summed E-state index contributed by atoms with van der Waals surface area (Å²) in [4.78, 5) is 33.5. The van der Waals surface area contributed by atoms with Crippen LogP contribution in [0.2, 0.25) is 0 Å². The summed E-state index contributed by atoms with van der Waals surface area (Å²) in [5.74, 6) is -0.427. The molecule has 0 saturated carbocycles. The van der Waals surface area contributed by atoms with Crippen LogP contribution < -0.4 is 5.56 Å². The van der Waals surface area contributed by atoms with Crippen molar-refractivity contribution in [1.82, 2.24) is 14.9 Å². The molecule has 0 bridgehead atoms. The number of carbonyl (C=O) groups excluding carboxylic acids is 1. The molecule has 1 unspecified atom stereocenters. The molecule has 128 valence electrons. The number of nitrogens with one attached hydrogen (secondary N) is 1. The maximum Gasteiger partial charge on any atom is 0.279 e. The zero-order chi connectivity index (χ0) is 17.7. The fraction of sp³-hybridized carbons (Fsp3) is 0.389. The van der Waals surface area contributed by atoms with Gasteiger partial charge in [0.25, 0.3) is 11.5 Å². The molecule has 24 heavy (non-hydrogen) atoms. The van der Waals surface area contributed by atoms with Crippen molar-refractivity contribution in [2.45, 2.75) is 39.8 Å². The molecular formula is C18H23N3O3. The third kappa shape index (κ3) is 4.08. The number of carbonyl (C=O) groups is 1. The number of aryl methyl sites for hydroxylation is 2. The molecule has 2 rings (SSSR count). The Hall–Kier alpha value is -2.47. The van der Waals surface area contributed by atoms with E-state index in [1.165, 1.54) is 0 Å². The van der Waals surface area contributed by atoms with Gasteiger partial charge in [0.1, 0.15) is 0 Å². The van der Waals surface area contributed by atoms with Crippen molar-refractivity contribution in [2.75, 3.05) is 6.61 Å². The first-order valence-corrected chi connectivity index (χ1v) is 7.97. The van der Waals surface area contributed by atoms with Crippen molar-refractivity contribution in [3.05, 3.63) is 63.3 Å². The third-order valence-corrected chi connectivity index (χ3v) is 4.08. The molecule has 1 aromatic carbocycles. The van der Waals surface area contributed by atoms with Gasteiger partial charge < -0.3 is 15.0 Å². The Labute approximate surface area is 141 Å². The highest BCUT2D eigenvalue weighted by Gasteiger charge is 2.25. The van der Waals surface area contributed by atoms with Crippen LogP contribution in [0.1, 0.15) is 40.8 Å². The summed E-state index contributed by atoms with van der Waals surface area (Å²) in [6.45, 7) is 5.67. The lowest BCUT2D eigenvalue weighted by Crippen LogP contribution is -2.41. The van der Waals surface area contributed by atoms with Gasteiger partial charge in [-0.25, -0.2) is 4.98 Å². The summed E-state index contributed by atoms with van der Waals surface area (Å²) in [5.41, 5.74) is 1.62. The minimum Gasteiger partial charge on any atom is -0.396 e. The number of aliphatic hydroxyl groups is 1. The summed E-state index contributed by atoms with van der Waals surface area (Å²) in [7, 11) is 0. The molecule has 0 aliphatic heterocycles. The number of aliphatic hydroxyl groups excluding tert-OH is 1. The highest BCUT2D eigenvalue weighted by molar-refractivity contribution is 5.92. The molecule has 1 amide bonds. The molecule has 0 aliphatic rings. The maximum absolute atomic E-state index is 12.9. The van der Waals surface area contributed by atoms with Crippen LogP contribution in [0, 0.1) is 13.8 Å². The smallest absolute Gasteiger partial charge is 0.279 e. The van der Waals surface area contributed by atoms with Crippen LogP contribution in [-0.4, -0.2) is 38.5 Å². The first-order chi connectivity index (χ1) is 11.4. The lowest BCUT2D eigenvalue weighted by molar-refractivity contribution is 0.0640. The van der Waals surface area contributed by atoms with Gasteiger partial charge in [0.05, 0.1) is 5.69 Å². The molecule has 2 aromatic rings. The maximum atomic E-state index is 12.9. The minimum absolute atomic E-state index is 0.0313. The van der Waals surface area contributed by atoms with Gasteiger partial charge in [-0.1, -0.05) is 30.3 Å². The quantitative estimate of drug-likeness (QED) is 0.846. The predicted molar refractivity (Wildman–Crippen MR) is 91.8 cm³/mol. The van der Waals surface area contributed by atoms with Gasteiger partial charge in [-0.05, 0) is 32.8 Å². The Balaban J connectivity index is 2.37. The molecule has 6 heteroatoms. The van der Waals surface area contributed by atoms with Crippen molar-refractivity contribution in [2.24, 2.45) is 0 Å². The fourth-order valence-corrected chi connectivity index (χ4v) is 2.45. The lowest BCUT2D eigenvalue weighted by atomic mass is 10.1. The van der Waals surface area contributed by atoms with Crippen LogP contribution in [0.15, 0.2) is 35.1 Å². The van der Waals surface area contributed by atoms with Crippen LogP contribution in [0.5, 0.6) is 0 Å². The zero-order valence-corrected chi connectivity index (χ0v) is 14.2. The predicted octanol–water partition coefficient (Wildman–Crippen LogP) is 1.80. The van der Waals surface area contributed by atoms with Gasteiger partial charge in [0.2, 0.25) is 0 Å². The van der Waals surface area contributed by atoms with Crippen molar-refractivity contribution in [3.8, 4) is 0 Å². The number of aromatic amines is 1. The molecule has 1 heterocycles. The van der Waals surface area contributed by atoms with E-state index in [0.29, 0.717) is 24.4 Å². The molecular weight excluding hydrogens is 306 g/mol. The summed E-state index contributed by atoms with van der Waals surface area (Å²) in [6, 6.07) is 9.33. The normalized spacial score (nSPS) is 12.0. The molecule has 0 aliphatic carbocycles. The van der Waals surface area contributed by atoms with Crippen LogP contribution in [0.3, 0.4) is 0 Å². The fourth-order valence-electron chi connectivity index (χ4n) is 2.45. The van der Waals surface area contributed by atoms with Gasteiger partial charge in [0.15, 0.2) is 5.69 Å². The van der Waals surface area contributed by atoms with E-state index in [0.717, 1.165) is 5.56 Å². The van der Waals surface area contributed by atoms with Crippen LogP contribution >= 0.6 is 0 Å². The summed E-state index contributed by atoms with van der Waals surface area (Å²) in [6.07, 6.45) is 0.432. The molecule has 6 nitrogen and oxygen atoms in total. The van der Waals surface area contributed by atoms with E-state index in [2.05, 4.69) is 9.97 Å². The topological polar surface area (TPSA) is 86.3 Å². The van der Waals surface area contributed by atoms with E-state index in [-0.39, 0.29) is 18.3 Å². The second-order valence-corrected chi connectivity index (χ2v) is 5.90. The van der Waals surface area contributed by atoms with Gasteiger partial charge in [-0.15, -0.1) is 0 Å². The van der Waals surface area contributed by atoms with Crippen LogP contribution in [0.4, 0.5) is 0 Å². The van der Waals surface area contributed by atoms with Crippen molar-refractivity contribution < 1.29 is 9.90 Å². The van der Waals surface area contributed by atoms with Gasteiger partial charge in [0, 0.05) is 24.9 Å². The Kier molecular flexibility index (Phi) is 5.87. The van der Waals surface area contributed by atoms with Crippen molar-refractivity contribution in [3.63, 3.8) is 0 Å². The van der Waals surface area contributed by atoms with Crippen molar-refractivity contribution >= 4 is 5.91 Å². The Morgan fingerprint density at radius 2 is 1.96 bits per heavy atom. The van der Waals surface area contributed by atoms with E-state index in [9.17, 15) is 14.7 Å². The summed E-state index contributed by atoms with van der Waals surface area (Å²) >= 11 is 0. The number of rotatable bonds is 6. The van der Waals surface area contributed by atoms with Gasteiger partial charge in [-0.3, -0.25) is 9.59 Å². The zero-order valence-electron chi connectivity index (χ0n) is 14.2. The molecule has 1 aromatic heterocycles. The average molecular weight is 329 g/mol. The minimum atomic E-state index is -0.489. The summed E-state index contributed by atoms with van der Waals surface area (Å²) in [5, 5.41) is 9.22. The number of amides is 1. The van der Waals surface area contributed by atoms with E-state index < -0.39 is 11.5 Å². The van der Waals surface area contributed by atoms with Gasteiger partial charge >= 0.3 is 0 Å². The number of hydrogen-bond donors (Lipinski definition) is 2. The number of H-pyrrole nitrogens is 1. The van der Waals surface area contributed by atoms with E-state index in [4.69, 9.17) is 0 Å². The summed E-state index contributed by atoms with van der Waals surface area (Å²) < 4.78 is 0. The van der Waals surface area contributed by atoms with Crippen molar-refractivity contribution in [1.29, 1.82) is 0 Å². The van der Waals surface area contributed by atoms with E-state index >= 15 is 0 Å².